The third-order valence-electron chi connectivity index (χ3n) is 8.90. The van der Waals surface area contributed by atoms with Crippen molar-refractivity contribution < 1.29 is 9.90 Å². The van der Waals surface area contributed by atoms with Crippen LogP contribution in [0.3, 0.4) is 0 Å². The van der Waals surface area contributed by atoms with Gasteiger partial charge in [0.05, 0.1) is 17.6 Å². The number of carboxylic acid groups (broad SMARTS) is 1. The van der Waals surface area contributed by atoms with Gasteiger partial charge in [-0.05, 0) is 92.4 Å². The molecule has 7 rings (SSSR count). The molecule has 7 nitrogen and oxygen atoms in total. The second kappa shape index (κ2) is 8.04. The van der Waals surface area contributed by atoms with Crippen molar-refractivity contribution in [1.29, 1.82) is 0 Å². The Balaban J connectivity index is 1.33. The van der Waals surface area contributed by atoms with Gasteiger partial charge in [0.25, 0.3) is 0 Å². The van der Waals surface area contributed by atoms with Crippen LogP contribution < -0.4 is 4.90 Å². The molecule has 0 spiro atoms. The van der Waals surface area contributed by atoms with Crippen molar-refractivity contribution >= 4 is 22.7 Å². The summed E-state index contributed by atoms with van der Waals surface area (Å²) in [4.78, 5) is 23.3. The fourth-order valence-corrected chi connectivity index (χ4v) is 6.82. The Morgan fingerprint density at radius 2 is 1.71 bits per heavy atom. The Kier molecular flexibility index (Phi) is 5.17. The van der Waals surface area contributed by atoms with Crippen LogP contribution >= 0.6 is 0 Å². The molecule has 2 bridgehead atoms. The number of carboxylic acids is 1. The van der Waals surface area contributed by atoms with Crippen LogP contribution in [-0.2, 0) is 4.79 Å². The maximum atomic E-state index is 11.6. The number of piperidine rings is 2. The minimum Gasteiger partial charge on any atom is -0.481 e. The number of benzene rings is 1. The summed E-state index contributed by atoms with van der Waals surface area (Å²) in [5.74, 6) is 2.52. The van der Waals surface area contributed by atoms with E-state index in [1.165, 1.54) is 36.8 Å². The van der Waals surface area contributed by atoms with Crippen LogP contribution in [0.25, 0.3) is 16.7 Å². The number of fused-ring (bicyclic) bond motifs is 3. The average molecular weight is 474 g/mol. The first-order chi connectivity index (χ1) is 16.7. The summed E-state index contributed by atoms with van der Waals surface area (Å²) >= 11 is 0. The minimum absolute atomic E-state index is 0.198. The maximum absolute atomic E-state index is 11.6. The molecule has 184 valence electrons. The van der Waals surface area contributed by atoms with E-state index in [9.17, 15) is 9.90 Å². The first kappa shape index (κ1) is 22.5. The molecule has 2 aliphatic heterocycles. The fraction of sp³-hybridized carbons (Fsp3) is 0.571. The van der Waals surface area contributed by atoms with Crippen LogP contribution in [0.2, 0.25) is 0 Å². The topological polar surface area (TPSA) is 84.1 Å². The normalized spacial score (nSPS) is 26.1. The number of hydrogen-bond acceptors (Lipinski definition) is 5. The number of aliphatic carboxylic acids is 1. The standard InChI is InChI=1S/C28H35N5O2/c1-16-9-19-13-29-33(23(19)11-22(16)18-5-7-28(3,4)8-6-18)25-12-24(30-17(2)31-25)32-14-20-10-21(15-32)26(20)27(34)35/h9,11-13,18,20-21,26H,5-8,10,14-15H2,1-4H3,(H,34,35). The molecule has 1 aromatic carbocycles. The highest BCUT2D eigenvalue weighted by molar-refractivity contribution is 5.82. The summed E-state index contributed by atoms with van der Waals surface area (Å²) in [5, 5.41) is 15.4. The molecule has 4 fully saturated rings. The molecule has 2 aromatic heterocycles. The van der Waals surface area contributed by atoms with Crippen molar-refractivity contribution in [3.05, 3.63) is 41.3 Å². The Morgan fingerprint density at radius 1 is 1.03 bits per heavy atom. The highest BCUT2D eigenvalue weighted by Gasteiger charge is 2.50. The van der Waals surface area contributed by atoms with Crippen molar-refractivity contribution in [3.8, 4) is 5.82 Å². The molecule has 4 heterocycles. The quantitative estimate of drug-likeness (QED) is 0.555. The summed E-state index contributed by atoms with van der Waals surface area (Å²) in [6.45, 7) is 10.4. The zero-order valence-electron chi connectivity index (χ0n) is 21.2. The number of hydrogen-bond donors (Lipinski definition) is 1. The van der Waals surface area contributed by atoms with Crippen molar-refractivity contribution in [2.24, 2.45) is 23.2 Å². The maximum Gasteiger partial charge on any atom is 0.307 e. The zero-order valence-corrected chi connectivity index (χ0v) is 21.2. The molecular formula is C28H35N5O2. The second-order valence-corrected chi connectivity index (χ2v) is 11.9. The summed E-state index contributed by atoms with van der Waals surface area (Å²) in [6.07, 6.45) is 7.94. The molecular weight excluding hydrogens is 438 g/mol. The Hall–Kier alpha value is -2.96. The Labute approximate surface area is 206 Å². The predicted octanol–water partition coefficient (Wildman–Crippen LogP) is 5.27. The summed E-state index contributed by atoms with van der Waals surface area (Å²) in [7, 11) is 0. The number of aromatic nitrogens is 4. The van der Waals surface area contributed by atoms with Gasteiger partial charge in [0.15, 0.2) is 5.82 Å². The lowest BCUT2D eigenvalue weighted by Crippen LogP contribution is -2.58. The number of carbonyl (C=O) groups is 1. The number of nitrogens with zero attached hydrogens (tertiary/aromatic N) is 5. The van der Waals surface area contributed by atoms with E-state index in [-0.39, 0.29) is 17.8 Å². The van der Waals surface area contributed by atoms with E-state index in [1.807, 2.05) is 23.9 Å². The Bertz CT molecular complexity index is 1290. The second-order valence-electron chi connectivity index (χ2n) is 11.9. The summed E-state index contributed by atoms with van der Waals surface area (Å²) in [6, 6.07) is 6.63. The molecule has 2 atom stereocenters. The summed E-state index contributed by atoms with van der Waals surface area (Å²) in [5.41, 5.74) is 4.33. The fourth-order valence-electron chi connectivity index (χ4n) is 6.82. The van der Waals surface area contributed by atoms with Gasteiger partial charge in [-0.25, -0.2) is 14.6 Å². The van der Waals surface area contributed by atoms with E-state index in [0.717, 1.165) is 42.0 Å². The van der Waals surface area contributed by atoms with Gasteiger partial charge >= 0.3 is 5.97 Å². The smallest absolute Gasteiger partial charge is 0.307 e. The molecule has 4 aliphatic rings. The van der Waals surface area contributed by atoms with E-state index in [0.29, 0.717) is 17.2 Å². The summed E-state index contributed by atoms with van der Waals surface area (Å²) < 4.78 is 1.95. The molecule has 0 amide bonds. The van der Waals surface area contributed by atoms with Gasteiger partial charge in [0, 0.05) is 24.5 Å². The van der Waals surface area contributed by atoms with Crippen molar-refractivity contribution in [2.45, 2.75) is 65.7 Å². The molecule has 2 saturated carbocycles. The third-order valence-corrected chi connectivity index (χ3v) is 8.90. The largest absolute Gasteiger partial charge is 0.481 e. The van der Waals surface area contributed by atoms with Gasteiger partial charge < -0.3 is 10.0 Å². The van der Waals surface area contributed by atoms with Gasteiger partial charge in [-0.2, -0.15) is 5.10 Å². The van der Waals surface area contributed by atoms with Crippen LogP contribution in [-0.4, -0.2) is 43.9 Å². The first-order valence-electron chi connectivity index (χ1n) is 13.0. The van der Waals surface area contributed by atoms with Gasteiger partial charge in [0.1, 0.15) is 11.6 Å². The molecule has 2 unspecified atom stereocenters. The van der Waals surface area contributed by atoms with E-state index in [4.69, 9.17) is 15.1 Å². The van der Waals surface area contributed by atoms with Crippen molar-refractivity contribution in [1.82, 2.24) is 19.7 Å². The number of aryl methyl sites for hydroxylation is 2. The lowest BCUT2D eigenvalue weighted by molar-refractivity contribution is -0.153. The number of anilines is 1. The first-order valence-corrected chi connectivity index (χ1v) is 13.0. The molecule has 1 N–H and O–H groups in total. The Morgan fingerprint density at radius 3 is 2.40 bits per heavy atom. The third kappa shape index (κ3) is 3.89. The van der Waals surface area contributed by atoms with Crippen molar-refractivity contribution in [3.63, 3.8) is 0 Å². The van der Waals surface area contributed by atoms with Crippen LogP contribution in [0.5, 0.6) is 0 Å². The lowest BCUT2D eigenvalue weighted by Gasteiger charge is -2.52. The highest BCUT2D eigenvalue weighted by atomic mass is 16.4. The van der Waals surface area contributed by atoms with E-state index in [2.05, 4.69) is 37.8 Å². The van der Waals surface area contributed by atoms with E-state index >= 15 is 0 Å². The van der Waals surface area contributed by atoms with Gasteiger partial charge in [-0.1, -0.05) is 13.8 Å². The molecule has 2 aliphatic carbocycles. The molecule has 35 heavy (non-hydrogen) atoms. The van der Waals surface area contributed by atoms with Gasteiger partial charge in [-0.15, -0.1) is 0 Å². The molecule has 0 radical (unpaired) electrons. The van der Waals surface area contributed by atoms with Gasteiger partial charge in [0.2, 0.25) is 0 Å². The van der Waals surface area contributed by atoms with Crippen molar-refractivity contribution in [2.75, 3.05) is 18.0 Å². The number of rotatable bonds is 4. The molecule has 7 heteroatoms. The average Bonchev–Trinajstić information content (AvgIpc) is 3.20. The van der Waals surface area contributed by atoms with Crippen LogP contribution in [0.4, 0.5) is 5.82 Å². The molecule has 2 saturated heterocycles. The predicted molar refractivity (Wildman–Crippen MR) is 136 cm³/mol. The molecule has 3 aromatic rings. The van der Waals surface area contributed by atoms with Gasteiger partial charge in [-0.3, -0.25) is 4.79 Å². The van der Waals surface area contributed by atoms with E-state index in [1.54, 1.807) is 0 Å². The zero-order chi connectivity index (χ0) is 24.5. The van der Waals surface area contributed by atoms with Crippen LogP contribution in [0, 0.1) is 37.0 Å². The minimum atomic E-state index is -0.652. The van der Waals surface area contributed by atoms with E-state index < -0.39 is 5.97 Å². The van der Waals surface area contributed by atoms with Crippen LogP contribution in [0.1, 0.15) is 68.8 Å². The monoisotopic (exact) mass is 473 g/mol. The van der Waals surface area contributed by atoms with Crippen LogP contribution in [0.15, 0.2) is 24.4 Å². The SMILES string of the molecule is Cc1nc(N2CC3CC(C2)C3C(=O)O)cc(-n2ncc3cc(C)c(C4CCC(C)(C)CC4)cc32)n1. The highest BCUT2D eigenvalue weighted by Crippen LogP contribution is 2.47. The lowest BCUT2D eigenvalue weighted by atomic mass is 9.61.